The first kappa shape index (κ1) is 18.4. The second-order valence-electron chi connectivity index (χ2n) is 6.58. The van der Waals surface area contributed by atoms with Crippen LogP contribution in [-0.4, -0.2) is 29.0 Å². The van der Waals surface area contributed by atoms with Crippen molar-refractivity contribution in [1.29, 1.82) is 0 Å². The molecule has 2 heterocycles. The van der Waals surface area contributed by atoms with E-state index in [1.54, 1.807) is 6.08 Å². The summed E-state index contributed by atoms with van der Waals surface area (Å²) in [6.07, 6.45) is 11.1. The van der Waals surface area contributed by atoms with Crippen molar-refractivity contribution < 1.29 is 4.79 Å². The summed E-state index contributed by atoms with van der Waals surface area (Å²) in [5, 5.41) is 3.01. The normalized spacial score (nSPS) is 16.8. The molecule has 1 aliphatic rings. The number of carbonyl (C=O) groups is 1. The highest BCUT2D eigenvalue weighted by Crippen LogP contribution is 2.20. The van der Waals surface area contributed by atoms with Crippen LogP contribution in [-0.2, 0) is 4.79 Å². The molecular weight excluding hydrogens is 300 g/mol. The number of hydrogen-bond donors (Lipinski definition) is 1. The molecular formula is C19H30N4O. The monoisotopic (exact) mass is 330 g/mol. The van der Waals surface area contributed by atoms with Crippen LogP contribution in [0.3, 0.4) is 0 Å². The number of carbonyl (C=O) groups excluding carboxylic acids is 1. The molecule has 1 aliphatic heterocycles. The summed E-state index contributed by atoms with van der Waals surface area (Å²) in [7, 11) is 0. The zero-order chi connectivity index (χ0) is 17.4. The molecule has 1 fully saturated rings. The van der Waals surface area contributed by atoms with Crippen molar-refractivity contribution in [2.24, 2.45) is 0 Å². The summed E-state index contributed by atoms with van der Waals surface area (Å²) in [5.74, 6) is 0.859. The number of nitrogens with one attached hydrogen (secondary N) is 1. The minimum absolute atomic E-state index is 0.0367. The Morgan fingerprint density at radius 3 is 2.62 bits per heavy atom. The smallest absolute Gasteiger partial charge is 0.225 e. The van der Waals surface area contributed by atoms with Crippen LogP contribution in [0.1, 0.15) is 69.2 Å². The van der Waals surface area contributed by atoms with Gasteiger partial charge in [-0.25, -0.2) is 9.97 Å². The van der Waals surface area contributed by atoms with E-state index in [2.05, 4.69) is 21.8 Å². The first-order valence-corrected chi connectivity index (χ1v) is 9.10. The fourth-order valence-electron chi connectivity index (χ4n) is 3.11. The summed E-state index contributed by atoms with van der Waals surface area (Å²) >= 11 is 0. The maximum Gasteiger partial charge on any atom is 0.225 e. The van der Waals surface area contributed by atoms with Crippen molar-refractivity contribution in [3.8, 4) is 0 Å². The molecule has 0 radical (unpaired) electrons. The summed E-state index contributed by atoms with van der Waals surface area (Å²) in [5.41, 5.74) is 1.93. The largest absolute Gasteiger partial charge is 0.349 e. The van der Waals surface area contributed by atoms with E-state index in [0.717, 1.165) is 30.3 Å². The molecule has 0 saturated carbocycles. The first-order chi connectivity index (χ1) is 11.6. The fourth-order valence-corrected chi connectivity index (χ4v) is 3.11. The van der Waals surface area contributed by atoms with Crippen LogP contribution >= 0.6 is 0 Å². The summed E-state index contributed by atoms with van der Waals surface area (Å²) < 4.78 is 0. The molecule has 1 aromatic rings. The molecule has 5 nitrogen and oxygen atoms in total. The molecule has 1 N–H and O–H groups in total. The van der Waals surface area contributed by atoms with Gasteiger partial charge in [0.1, 0.15) is 0 Å². The number of allylic oxidation sites excluding steroid dienone is 1. The molecule has 0 aliphatic carbocycles. The van der Waals surface area contributed by atoms with E-state index in [1.807, 2.05) is 20.0 Å². The fraction of sp³-hybridized carbons (Fsp3) is 0.632. The summed E-state index contributed by atoms with van der Waals surface area (Å²) in [6.45, 7) is 9.69. The standard InChI is InChI=1S/C19H30N4O/c1-4-5-11-18(24)21-15(2)17-14-20-19(22-16(17)3)23-12-9-7-6-8-10-13-23/h4,14-15H,1,5-13H2,2-3H3,(H,21,24)/t15-/m0/s1. The van der Waals surface area contributed by atoms with Gasteiger partial charge >= 0.3 is 0 Å². The Bertz CT molecular complexity index is 550. The molecule has 2 rings (SSSR count). The van der Waals surface area contributed by atoms with E-state index >= 15 is 0 Å². The Kier molecular flexibility index (Phi) is 7.22. The zero-order valence-corrected chi connectivity index (χ0v) is 15.1. The highest BCUT2D eigenvalue weighted by atomic mass is 16.1. The molecule has 0 bridgehead atoms. The van der Waals surface area contributed by atoms with Crippen LogP contribution in [0.4, 0.5) is 5.95 Å². The van der Waals surface area contributed by atoms with Gasteiger partial charge in [0.15, 0.2) is 0 Å². The van der Waals surface area contributed by atoms with Crippen LogP contribution in [0.2, 0.25) is 0 Å². The Morgan fingerprint density at radius 2 is 2.00 bits per heavy atom. The average Bonchev–Trinajstić information content (AvgIpc) is 2.52. The van der Waals surface area contributed by atoms with Crippen LogP contribution in [0, 0.1) is 6.92 Å². The third kappa shape index (κ3) is 5.32. The van der Waals surface area contributed by atoms with E-state index in [-0.39, 0.29) is 11.9 Å². The van der Waals surface area contributed by atoms with Gasteiger partial charge in [0.25, 0.3) is 0 Å². The Labute approximate surface area is 145 Å². The van der Waals surface area contributed by atoms with Crippen LogP contribution in [0.25, 0.3) is 0 Å². The molecule has 0 spiro atoms. The molecule has 1 aromatic heterocycles. The van der Waals surface area contributed by atoms with Gasteiger partial charge in [0.2, 0.25) is 11.9 Å². The first-order valence-electron chi connectivity index (χ1n) is 9.10. The second-order valence-corrected chi connectivity index (χ2v) is 6.58. The predicted octanol–water partition coefficient (Wildman–Crippen LogP) is 3.70. The molecule has 1 saturated heterocycles. The number of amides is 1. The van der Waals surface area contributed by atoms with Crippen LogP contribution in [0.5, 0.6) is 0 Å². The Balaban J connectivity index is 2.02. The topological polar surface area (TPSA) is 58.1 Å². The van der Waals surface area contributed by atoms with Crippen LogP contribution in [0.15, 0.2) is 18.9 Å². The maximum absolute atomic E-state index is 11.9. The molecule has 24 heavy (non-hydrogen) atoms. The summed E-state index contributed by atoms with van der Waals surface area (Å²) in [6, 6.07) is -0.0799. The maximum atomic E-state index is 11.9. The highest BCUT2D eigenvalue weighted by molar-refractivity contribution is 5.76. The molecule has 1 amide bonds. The van der Waals surface area contributed by atoms with Gasteiger partial charge in [0.05, 0.1) is 6.04 Å². The zero-order valence-electron chi connectivity index (χ0n) is 15.1. The van der Waals surface area contributed by atoms with E-state index in [9.17, 15) is 4.79 Å². The average molecular weight is 330 g/mol. The second kappa shape index (κ2) is 9.40. The lowest BCUT2D eigenvalue weighted by molar-refractivity contribution is -0.121. The third-order valence-electron chi connectivity index (χ3n) is 4.56. The molecule has 132 valence electrons. The van der Waals surface area contributed by atoms with Crippen molar-refractivity contribution in [2.75, 3.05) is 18.0 Å². The quantitative estimate of drug-likeness (QED) is 0.808. The van der Waals surface area contributed by atoms with Gasteiger partial charge in [-0.05, 0) is 33.1 Å². The predicted molar refractivity (Wildman–Crippen MR) is 98.1 cm³/mol. The number of aryl methyl sites for hydroxylation is 1. The van der Waals surface area contributed by atoms with Gasteiger partial charge in [-0.1, -0.05) is 25.3 Å². The van der Waals surface area contributed by atoms with Crippen molar-refractivity contribution in [1.82, 2.24) is 15.3 Å². The van der Waals surface area contributed by atoms with Gasteiger partial charge in [-0.3, -0.25) is 4.79 Å². The molecule has 1 atom stereocenters. The third-order valence-corrected chi connectivity index (χ3v) is 4.56. The van der Waals surface area contributed by atoms with E-state index in [1.165, 1.54) is 32.1 Å². The highest BCUT2D eigenvalue weighted by Gasteiger charge is 2.16. The van der Waals surface area contributed by atoms with Crippen molar-refractivity contribution in [3.63, 3.8) is 0 Å². The molecule has 0 unspecified atom stereocenters. The number of aromatic nitrogens is 2. The lowest BCUT2D eigenvalue weighted by Gasteiger charge is -2.25. The van der Waals surface area contributed by atoms with Crippen molar-refractivity contribution in [3.05, 3.63) is 30.1 Å². The number of nitrogens with zero attached hydrogens (tertiary/aromatic N) is 3. The van der Waals surface area contributed by atoms with Crippen molar-refractivity contribution >= 4 is 11.9 Å². The Morgan fingerprint density at radius 1 is 1.33 bits per heavy atom. The lowest BCUT2D eigenvalue weighted by Crippen LogP contribution is -2.30. The SMILES string of the molecule is C=CCCC(=O)N[C@@H](C)c1cnc(N2CCCCCCC2)nc1C. The summed E-state index contributed by atoms with van der Waals surface area (Å²) in [4.78, 5) is 23.4. The van der Waals surface area contributed by atoms with E-state index < -0.39 is 0 Å². The minimum Gasteiger partial charge on any atom is -0.349 e. The van der Waals surface area contributed by atoms with Gasteiger partial charge < -0.3 is 10.2 Å². The van der Waals surface area contributed by atoms with E-state index in [4.69, 9.17) is 4.98 Å². The van der Waals surface area contributed by atoms with Crippen LogP contribution < -0.4 is 10.2 Å². The number of hydrogen-bond acceptors (Lipinski definition) is 4. The van der Waals surface area contributed by atoms with Gasteiger partial charge in [0, 0.05) is 37.0 Å². The van der Waals surface area contributed by atoms with Gasteiger partial charge in [-0.2, -0.15) is 0 Å². The van der Waals surface area contributed by atoms with Crippen molar-refractivity contribution in [2.45, 2.75) is 64.8 Å². The number of anilines is 1. The molecule has 5 heteroatoms. The van der Waals surface area contributed by atoms with Gasteiger partial charge in [-0.15, -0.1) is 6.58 Å². The molecule has 0 aromatic carbocycles. The number of rotatable bonds is 6. The Hall–Kier alpha value is -1.91. The minimum atomic E-state index is -0.0799. The van der Waals surface area contributed by atoms with E-state index in [0.29, 0.717) is 12.8 Å². The lowest BCUT2D eigenvalue weighted by atomic mass is 10.1.